The standard InChI is InChI=1S/C15H24N4O6/c16-11(21)3-2-10(13(17)23)25-19-8-6-15(14(19)24)5-1-7-18(15)12(22)4-9-20/h10,20H,1-9H2,(H2,16,21)(H2,17,23). The van der Waals surface area contributed by atoms with E-state index >= 15 is 0 Å². The van der Waals surface area contributed by atoms with Gasteiger partial charge in [-0.15, -0.1) is 0 Å². The maximum Gasteiger partial charge on any atom is 0.272 e. The molecule has 4 amide bonds. The molecular formula is C15H24N4O6. The van der Waals surface area contributed by atoms with Gasteiger partial charge in [0.1, 0.15) is 5.54 Å². The molecule has 0 saturated carbocycles. The first-order chi connectivity index (χ1) is 11.8. The molecule has 0 aromatic rings. The summed E-state index contributed by atoms with van der Waals surface area (Å²) in [6.45, 7) is 0.373. The van der Waals surface area contributed by atoms with Crippen LogP contribution in [0.4, 0.5) is 0 Å². The predicted octanol–water partition coefficient (Wildman–Crippen LogP) is -1.99. The molecule has 0 aliphatic carbocycles. The minimum Gasteiger partial charge on any atom is -0.396 e. The number of likely N-dealkylation sites (tertiary alicyclic amines) is 1. The second-order valence-electron chi connectivity index (χ2n) is 6.31. The summed E-state index contributed by atoms with van der Waals surface area (Å²) in [4.78, 5) is 54.3. The lowest BCUT2D eigenvalue weighted by molar-refractivity contribution is -0.203. The van der Waals surface area contributed by atoms with Gasteiger partial charge in [0, 0.05) is 19.4 Å². The van der Waals surface area contributed by atoms with Crippen molar-refractivity contribution in [3.8, 4) is 0 Å². The number of aliphatic hydroxyl groups is 1. The van der Waals surface area contributed by atoms with Gasteiger partial charge in [0.25, 0.3) is 5.91 Å². The SMILES string of the molecule is NC(=O)CCC(ON1CCC2(CCCN2C(=O)CCO)C1=O)C(N)=O. The van der Waals surface area contributed by atoms with E-state index in [1.165, 1.54) is 4.90 Å². The van der Waals surface area contributed by atoms with Gasteiger partial charge < -0.3 is 21.5 Å². The van der Waals surface area contributed by atoms with Crippen LogP contribution in [-0.4, -0.2) is 70.0 Å². The highest BCUT2D eigenvalue weighted by molar-refractivity contribution is 5.93. The van der Waals surface area contributed by atoms with Crippen LogP contribution in [0.2, 0.25) is 0 Å². The van der Waals surface area contributed by atoms with Gasteiger partial charge in [0.15, 0.2) is 6.10 Å². The third-order valence-corrected chi connectivity index (χ3v) is 4.69. The molecule has 2 heterocycles. The third kappa shape index (κ3) is 3.90. The summed E-state index contributed by atoms with van der Waals surface area (Å²) in [5, 5.41) is 10.0. The van der Waals surface area contributed by atoms with Crippen molar-refractivity contribution >= 4 is 23.6 Å². The molecule has 0 radical (unpaired) electrons. The predicted molar refractivity (Wildman–Crippen MR) is 84.2 cm³/mol. The molecule has 10 heteroatoms. The Morgan fingerprint density at radius 1 is 1.20 bits per heavy atom. The molecule has 2 fully saturated rings. The molecule has 0 aromatic carbocycles. The van der Waals surface area contributed by atoms with Crippen LogP contribution in [0.25, 0.3) is 0 Å². The lowest BCUT2D eigenvalue weighted by Crippen LogP contribution is -2.53. The number of aliphatic hydroxyl groups excluding tert-OH is 1. The average Bonchev–Trinajstić information content (AvgIpc) is 3.10. The Morgan fingerprint density at radius 2 is 1.92 bits per heavy atom. The smallest absolute Gasteiger partial charge is 0.272 e. The molecule has 2 atom stereocenters. The summed E-state index contributed by atoms with van der Waals surface area (Å²) in [5.74, 6) is -2.08. The van der Waals surface area contributed by atoms with E-state index in [1.54, 1.807) is 0 Å². The number of carbonyl (C=O) groups is 4. The first-order valence-electron chi connectivity index (χ1n) is 8.29. The minimum atomic E-state index is -1.14. The van der Waals surface area contributed by atoms with E-state index < -0.39 is 29.4 Å². The molecule has 25 heavy (non-hydrogen) atoms. The van der Waals surface area contributed by atoms with Crippen molar-refractivity contribution < 1.29 is 29.1 Å². The number of primary amides is 2. The van der Waals surface area contributed by atoms with Crippen molar-refractivity contribution in [3.05, 3.63) is 0 Å². The Bertz CT molecular complexity index is 568. The van der Waals surface area contributed by atoms with Crippen molar-refractivity contribution in [1.29, 1.82) is 0 Å². The average molecular weight is 356 g/mol. The van der Waals surface area contributed by atoms with Crippen molar-refractivity contribution in [2.75, 3.05) is 19.7 Å². The van der Waals surface area contributed by atoms with Gasteiger partial charge in [-0.3, -0.25) is 24.0 Å². The lowest BCUT2D eigenvalue weighted by Gasteiger charge is -2.33. The van der Waals surface area contributed by atoms with Gasteiger partial charge >= 0.3 is 0 Å². The monoisotopic (exact) mass is 356 g/mol. The van der Waals surface area contributed by atoms with Gasteiger partial charge in [-0.05, 0) is 25.7 Å². The highest BCUT2D eigenvalue weighted by Crippen LogP contribution is 2.39. The molecule has 140 valence electrons. The molecule has 1 spiro atoms. The minimum absolute atomic E-state index is 0.0192. The van der Waals surface area contributed by atoms with Crippen LogP contribution in [0, 0.1) is 0 Å². The van der Waals surface area contributed by atoms with Crippen LogP contribution >= 0.6 is 0 Å². The molecule has 0 aromatic heterocycles. The van der Waals surface area contributed by atoms with Gasteiger partial charge in [-0.2, -0.15) is 0 Å². The molecule has 10 nitrogen and oxygen atoms in total. The van der Waals surface area contributed by atoms with Crippen LogP contribution in [-0.2, 0) is 24.0 Å². The van der Waals surface area contributed by atoms with Crippen molar-refractivity contribution in [1.82, 2.24) is 9.96 Å². The molecule has 2 saturated heterocycles. The zero-order valence-corrected chi connectivity index (χ0v) is 14.0. The Morgan fingerprint density at radius 3 is 2.52 bits per heavy atom. The summed E-state index contributed by atoms with van der Waals surface area (Å²) >= 11 is 0. The number of hydroxylamine groups is 2. The first-order valence-corrected chi connectivity index (χ1v) is 8.29. The largest absolute Gasteiger partial charge is 0.396 e. The summed E-state index contributed by atoms with van der Waals surface area (Å²) in [6.07, 6.45) is 0.261. The zero-order chi connectivity index (χ0) is 18.6. The third-order valence-electron chi connectivity index (χ3n) is 4.69. The molecule has 0 bridgehead atoms. The van der Waals surface area contributed by atoms with Gasteiger partial charge in [-0.1, -0.05) is 0 Å². The van der Waals surface area contributed by atoms with E-state index in [9.17, 15) is 19.2 Å². The van der Waals surface area contributed by atoms with Crippen molar-refractivity contribution in [2.24, 2.45) is 11.5 Å². The van der Waals surface area contributed by atoms with E-state index in [-0.39, 0.29) is 38.3 Å². The second kappa shape index (κ2) is 7.79. The van der Waals surface area contributed by atoms with Crippen molar-refractivity contribution in [3.63, 3.8) is 0 Å². The molecular weight excluding hydrogens is 332 g/mol. The molecule has 2 unspecified atom stereocenters. The van der Waals surface area contributed by atoms with Gasteiger partial charge in [0.2, 0.25) is 17.7 Å². The quantitative estimate of drug-likeness (QED) is 0.457. The maximum atomic E-state index is 12.8. The molecule has 5 N–H and O–H groups in total. The number of carbonyl (C=O) groups excluding carboxylic acids is 4. The summed E-state index contributed by atoms with van der Waals surface area (Å²) in [6, 6.07) is 0. The van der Waals surface area contributed by atoms with E-state index in [0.717, 1.165) is 5.06 Å². The van der Waals surface area contributed by atoms with Crippen LogP contribution in [0.5, 0.6) is 0 Å². The molecule has 2 rings (SSSR count). The second-order valence-corrected chi connectivity index (χ2v) is 6.31. The number of hydrogen-bond donors (Lipinski definition) is 3. The highest BCUT2D eigenvalue weighted by atomic mass is 16.7. The number of nitrogens with two attached hydrogens (primary N) is 2. The Balaban J connectivity index is 2.08. The number of amides is 4. The Hall–Kier alpha value is -2.20. The topological polar surface area (TPSA) is 156 Å². The van der Waals surface area contributed by atoms with Crippen LogP contribution in [0.1, 0.15) is 38.5 Å². The molecule has 2 aliphatic heterocycles. The van der Waals surface area contributed by atoms with Crippen molar-refractivity contribution in [2.45, 2.75) is 50.2 Å². The van der Waals surface area contributed by atoms with E-state index in [1.807, 2.05) is 0 Å². The number of hydrogen-bond acceptors (Lipinski definition) is 6. The fourth-order valence-corrected chi connectivity index (χ4v) is 3.46. The van der Waals surface area contributed by atoms with Gasteiger partial charge in [0.05, 0.1) is 13.2 Å². The molecule has 2 aliphatic rings. The van der Waals surface area contributed by atoms with Crippen LogP contribution in [0.15, 0.2) is 0 Å². The zero-order valence-electron chi connectivity index (χ0n) is 14.0. The fourth-order valence-electron chi connectivity index (χ4n) is 3.46. The number of rotatable bonds is 8. The maximum absolute atomic E-state index is 12.8. The highest BCUT2D eigenvalue weighted by Gasteiger charge is 2.55. The van der Waals surface area contributed by atoms with Crippen LogP contribution in [0.3, 0.4) is 0 Å². The fraction of sp³-hybridized carbons (Fsp3) is 0.733. The normalized spacial score (nSPS) is 24.1. The van der Waals surface area contributed by atoms with Gasteiger partial charge in [-0.25, -0.2) is 5.06 Å². The van der Waals surface area contributed by atoms with E-state index in [2.05, 4.69) is 0 Å². The number of nitrogens with zero attached hydrogens (tertiary/aromatic N) is 2. The lowest BCUT2D eigenvalue weighted by atomic mass is 9.94. The van der Waals surface area contributed by atoms with E-state index in [0.29, 0.717) is 25.8 Å². The Kier molecular flexibility index (Phi) is 5.96. The first kappa shape index (κ1) is 19.1. The summed E-state index contributed by atoms with van der Waals surface area (Å²) in [7, 11) is 0. The van der Waals surface area contributed by atoms with Crippen LogP contribution < -0.4 is 11.5 Å². The summed E-state index contributed by atoms with van der Waals surface area (Å²) < 4.78 is 0. The van der Waals surface area contributed by atoms with E-state index in [4.69, 9.17) is 21.4 Å². The summed E-state index contributed by atoms with van der Waals surface area (Å²) in [5.41, 5.74) is 9.33. The Labute approximate surface area is 145 Å².